The van der Waals surface area contributed by atoms with Gasteiger partial charge in [0.25, 0.3) is 5.91 Å². The molecule has 5 rings (SSSR count). The van der Waals surface area contributed by atoms with Crippen LogP contribution >= 0.6 is 0 Å². The SMILES string of the molecule is O=NC1CCc2cc(Nc3c(C(=O)N4CCOCC4)oc4cnccc34)ccc21. The largest absolute Gasteiger partial charge is 0.447 e. The van der Waals surface area contributed by atoms with Crippen LogP contribution in [0.5, 0.6) is 0 Å². The van der Waals surface area contributed by atoms with Crippen LogP contribution in [0.15, 0.2) is 46.3 Å². The first kappa shape index (κ1) is 17.8. The van der Waals surface area contributed by atoms with Crippen molar-refractivity contribution < 1.29 is 13.9 Å². The molecule has 1 saturated heterocycles. The van der Waals surface area contributed by atoms with Crippen LogP contribution in [0.1, 0.15) is 34.1 Å². The summed E-state index contributed by atoms with van der Waals surface area (Å²) in [6, 6.07) is 7.42. The first-order valence-corrected chi connectivity index (χ1v) is 9.70. The molecule has 1 unspecified atom stereocenters. The van der Waals surface area contributed by atoms with Crippen LogP contribution in [-0.2, 0) is 11.2 Å². The lowest BCUT2D eigenvalue weighted by Gasteiger charge is -2.26. The molecule has 0 saturated carbocycles. The number of nitroso groups, excluding NO2 is 1. The molecule has 1 aliphatic heterocycles. The number of anilines is 2. The molecule has 29 heavy (non-hydrogen) atoms. The summed E-state index contributed by atoms with van der Waals surface area (Å²) in [6.07, 6.45) is 4.84. The maximum absolute atomic E-state index is 13.1. The molecular formula is C21H20N4O4. The number of aryl methyl sites for hydroxylation is 1. The Morgan fingerprint density at radius 3 is 2.93 bits per heavy atom. The molecule has 0 radical (unpaired) electrons. The molecule has 1 amide bonds. The van der Waals surface area contributed by atoms with Gasteiger partial charge in [0.15, 0.2) is 5.58 Å². The fourth-order valence-electron chi connectivity index (χ4n) is 4.06. The topological polar surface area (TPSA) is 97.0 Å². The minimum absolute atomic E-state index is 0.168. The number of benzene rings is 1. The van der Waals surface area contributed by atoms with Crippen molar-refractivity contribution in [2.45, 2.75) is 18.9 Å². The summed E-state index contributed by atoms with van der Waals surface area (Å²) in [7, 11) is 0. The number of hydrogen-bond acceptors (Lipinski definition) is 7. The summed E-state index contributed by atoms with van der Waals surface area (Å²) >= 11 is 0. The number of amides is 1. The summed E-state index contributed by atoms with van der Waals surface area (Å²) in [4.78, 5) is 30.0. The van der Waals surface area contributed by atoms with Gasteiger partial charge in [-0.2, -0.15) is 4.91 Å². The molecule has 1 aromatic carbocycles. The van der Waals surface area contributed by atoms with Crippen LogP contribution in [0.4, 0.5) is 11.4 Å². The Kier molecular flexibility index (Phi) is 4.48. The van der Waals surface area contributed by atoms with Gasteiger partial charge in [0, 0.05) is 30.4 Å². The van der Waals surface area contributed by atoms with Crippen LogP contribution in [0.2, 0.25) is 0 Å². The summed E-state index contributed by atoms with van der Waals surface area (Å²) in [5.41, 5.74) is 4.11. The molecule has 3 aromatic rings. The first-order valence-electron chi connectivity index (χ1n) is 9.70. The molecule has 0 spiro atoms. The fraction of sp³-hybridized carbons (Fsp3) is 0.333. The van der Waals surface area contributed by atoms with E-state index in [1.54, 1.807) is 17.3 Å². The number of rotatable bonds is 4. The molecule has 2 aliphatic rings. The van der Waals surface area contributed by atoms with Crippen molar-refractivity contribution in [1.82, 2.24) is 9.88 Å². The van der Waals surface area contributed by atoms with Gasteiger partial charge in [0.2, 0.25) is 5.76 Å². The van der Waals surface area contributed by atoms with Crippen molar-refractivity contribution >= 4 is 28.3 Å². The summed E-state index contributed by atoms with van der Waals surface area (Å²) < 4.78 is 11.3. The molecule has 1 aliphatic carbocycles. The number of hydrogen-bond donors (Lipinski definition) is 1. The zero-order chi connectivity index (χ0) is 19.8. The normalized spacial score (nSPS) is 18.6. The van der Waals surface area contributed by atoms with Crippen molar-refractivity contribution in [3.63, 3.8) is 0 Å². The van der Waals surface area contributed by atoms with Crippen molar-refractivity contribution in [2.24, 2.45) is 5.18 Å². The molecule has 148 valence electrons. The highest BCUT2D eigenvalue weighted by molar-refractivity contribution is 6.07. The summed E-state index contributed by atoms with van der Waals surface area (Å²) in [5.74, 6) is 0.0983. The van der Waals surface area contributed by atoms with Gasteiger partial charge in [-0.3, -0.25) is 9.78 Å². The lowest BCUT2D eigenvalue weighted by molar-refractivity contribution is 0.0285. The van der Waals surface area contributed by atoms with Crippen LogP contribution in [0.3, 0.4) is 0 Å². The Balaban J connectivity index is 1.52. The third kappa shape index (κ3) is 3.15. The monoisotopic (exact) mass is 392 g/mol. The number of pyridine rings is 1. The molecule has 1 fully saturated rings. The van der Waals surface area contributed by atoms with Crippen LogP contribution in [-0.4, -0.2) is 42.1 Å². The van der Waals surface area contributed by atoms with Crippen molar-refractivity contribution in [1.29, 1.82) is 0 Å². The van der Waals surface area contributed by atoms with E-state index in [4.69, 9.17) is 9.15 Å². The van der Waals surface area contributed by atoms with E-state index in [1.807, 2.05) is 24.3 Å². The molecule has 1 atom stereocenters. The van der Waals surface area contributed by atoms with Gasteiger partial charge in [-0.15, -0.1) is 0 Å². The zero-order valence-corrected chi connectivity index (χ0v) is 15.8. The number of fused-ring (bicyclic) bond motifs is 2. The van der Waals surface area contributed by atoms with Crippen LogP contribution in [0.25, 0.3) is 11.0 Å². The molecule has 3 heterocycles. The minimum Gasteiger partial charge on any atom is -0.447 e. The van der Waals surface area contributed by atoms with Crippen molar-refractivity contribution in [3.05, 3.63) is 58.5 Å². The molecule has 0 bridgehead atoms. The first-order chi connectivity index (χ1) is 14.2. The van der Waals surface area contributed by atoms with E-state index in [9.17, 15) is 9.70 Å². The number of morpholine rings is 1. The molecular weight excluding hydrogens is 372 g/mol. The molecule has 2 aromatic heterocycles. The van der Waals surface area contributed by atoms with Gasteiger partial charge in [-0.25, -0.2) is 0 Å². The van der Waals surface area contributed by atoms with Gasteiger partial charge in [-0.05, 0) is 42.2 Å². The number of nitrogens with one attached hydrogen (secondary N) is 1. The second-order valence-electron chi connectivity index (χ2n) is 7.28. The fourth-order valence-corrected chi connectivity index (χ4v) is 4.06. The predicted octanol–water partition coefficient (Wildman–Crippen LogP) is 3.80. The quantitative estimate of drug-likeness (QED) is 0.679. The van der Waals surface area contributed by atoms with E-state index in [1.165, 1.54) is 0 Å². The summed E-state index contributed by atoms with van der Waals surface area (Å²) in [5, 5.41) is 7.38. The molecule has 1 N–H and O–H groups in total. The van der Waals surface area contributed by atoms with E-state index in [0.717, 1.165) is 35.0 Å². The van der Waals surface area contributed by atoms with Crippen molar-refractivity contribution in [2.75, 3.05) is 31.6 Å². The number of aromatic nitrogens is 1. The van der Waals surface area contributed by atoms with Gasteiger partial charge >= 0.3 is 0 Å². The highest BCUT2D eigenvalue weighted by atomic mass is 16.5. The van der Waals surface area contributed by atoms with Gasteiger partial charge < -0.3 is 19.4 Å². The second kappa shape index (κ2) is 7.29. The zero-order valence-electron chi connectivity index (χ0n) is 15.8. The lowest BCUT2D eigenvalue weighted by atomic mass is 10.1. The van der Waals surface area contributed by atoms with E-state index >= 15 is 0 Å². The highest BCUT2D eigenvalue weighted by Gasteiger charge is 2.28. The van der Waals surface area contributed by atoms with Gasteiger partial charge in [-0.1, -0.05) is 11.2 Å². The Labute approximate surface area is 166 Å². The van der Waals surface area contributed by atoms with E-state index in [0.29, 0.717) is 37.6 Å². The maximum atomic E-state index is 13.1. The van der Waals surface area contributed by atoms with Gasteiger partial charge in [0.1, 0.15) is 6.04 Å². The predicted molar refractivity (Wildman–Crippen MR) is 107 cm³/mol. The Morgan fingerprint density at radius 2 is 2.10 bits per heavy atom. The van der Waals surface area contributed by atoms with Gasteiger partial charge in [0.05, 0.1) is 25.1 Å². The van der Waals surface area contributed by atoms with Crippen LogP contribution < -0.4 is 5.32 Å². The molecule has 8 heteroatoms. The van der Waals surface area contributed by atoms with Crippen molar-refractivity contribution in [3.8, 4) is 0 Å². The highest BCUT2D eigenvalue weighted by Crippen LogP contribution is 2.38. The average Bonchev–Trinajstić information content (AvgIpc) is 3.35. The number of furan rings is 1. The van der Waals surface area contributed by atoms with Crippen LogP contribution in [0, 0.1) is 4.91 Å². The summed E-state index contributed by atoms with van der Waals surface area (Å²) in [6.45, 7) is 2.11. The average molecular weight is 392 g/mol. The van der Waals surface area contributed by atoms with E-state index < -0.39 is 0 Å². The Bertz CT molecular complexity index is 1090. The molecule has 8 nitrogen and oxygen atoms in total. The Morgan fingerprint density at radius 1 is 1.24 bits per heavy atom. The number of carbonyl (C=O) groups is 1. The number of nitrogens with zero attached hydrogens (tertiary/aromatic N) is 3. The number of carbonyl (C=O) groups excluding carboxylic acids is 1. The standard InChI is InChI=1S/C21H20N4O4/c26-21(25-7-9-28-10-8-25)20-19(16-5-6-22-12-18(16)29-20)23-14-2-3-15-13(11-14)1-4-17(15)24-27/h2-3,5-6,11-12,17,23H,1,4,7-10H2. The third-order valence-corrected chi connectivity index (χ3v) is 5.57. The van der Waals surface area contributed by atoms with E-state index in [-0.39, 0.29) is 17.7 Å². The Hall–Kier alpha value is -3.26. The number of ether oxygens (including phenoxy) is 1. The smallest absolute Gasteiger partial charge is 0.291 e. The lowest BCUT2D eigenvalue weighted by Crippen LogP contribution is -2.40. The maximum Gasteiger partial charge on any atom is 0.291 e. The minimum atomic E-state index is -0.265. The van der Waals surface area contributed by atoms with E-state index in [2.05, 4.69) is 15.5 Å². The second-order valence-corrected chi connectivity index (χ2v) is 7.28. The third-order valence-electron chi connectivity index (χ3n) is 5.57.